The third kappa shape index (κ3) is 6.65. The van der Waals surface area contributed by atoms with E-state index >= 15 is 0 Å². The third-order valence-corrected chi connectivity index (χ3v) is 5.16. The molecule has 0 amide bonds. The highest BCUT2D eigenvalue weighted by atomic mass is 15.1. The number of hydrogen-bond acceptors (Lipinski definition) is 1. The van der Waals surface area contributed by atoms with Gasteiger partial charge in [0, 0.05) is 0 Å². The molecule has 24 heavy (non-hydrogen) atoms. The van der Waals surface area contributed by atoms with Crippen molar-refractivity contribution in [2.45, 2.75) is 64.7 Å². The van der Waals surface area contributed by atoms with Crippen LogP contribution >= 0.6 is 0 Å². The Morgan fingerprint density at radius 3 is 2.08 bits per heavy atom. The number of hydrogen-bond donors (Lipinski definition) is 0. The zero-order valence-corrected chi connectivity index (χ0v) is 15.8. The lowest BCUT2D eigenvalue weighted by Crippen LogP contribution is -2.18. The molecular weight excluding hydrogens is 290 g/mol. The molecule has 0 aliphatic carbocycles. The summed E-state index contributed by atoms with van der Waals surface area (Å²) in [5, 5.41) is 2.82. The van der Waals surface area contributed by atoms with Crippen LogP contribution in [-0.2, 0) is 6.42 Å². The second kappa shape index (κ2) is 11.3. The van der Waals surface area contributed by atoms with E-state index in [4.69, 9.17) is 0 Å². The molecule has 0 aliphatic rings. The van der Waals surface area contributed by atoms with Crippen LogP contribution in [0.5, 0.6) is 0 Å². The molecule has 0 heterocycles. The van der Waals surface area contributed by atoms with Gasteiger partial charge >= 0.3 is 0 Å². The fraction of sp³-hybridized carbons (Fsp3) is 0.565. The fourth-order valence-electron chi connectivity index (χ4n) is 3.43. The second-order valence-electron chi connectivity index (χ2n) is 7.11. The maximum Gasteiger partial charge on any atom is -0.00219 e. The van der Waals surface area contributed by atoms with E-state index in [-0.39, 0.29) is 0 Å². The second-order valence-corrected chi connectivity index (χ2v) is 7.11. The molecule has 0 unspecified atom stereocenters. The highest BCUT2D eigenvalue weighted by Gasteiger charge is 2.00. The van der Waals surface area contributed by atoms with Gasteiger partial charge in [-0.1, -0.05) is 87.9 Å². The van der Waals surface area contributed by atoms with Gasteiger partial charge in [0.2, 0.25) is 0 Å². The van der Waals surface area contributed by atoms with Crippen molar-refractivity contribution in [2.75, 3.05) is 20.1 Å². The Balaban J connectivity index is 1.52. The molecule has 132 valence electrons. The molecule has 0 fully saturated rings. The van der Waals surface area contributed by atoms with Crippen molar-refractivity contribution >= 4 is 10.8 Å². The van der Waals surface area contributed by atoms with Crippen molar-refractivity contribution in [3.63, 3.8) is 0 Å². The lowest BCUT2D eigenvalue weighted by atomic mass is 9.99. The predicted molar refractivity (Wildman–Crippen MR) is 108 cm³/mol. The lowest BCUT2D eigenvalue weighted by Gasteiger charge is -2.12. The van der Waals surface area contributed by atoms with Crippen molar-refractivity contribution in [3.8, 4) is 0 Å². The number of rotatable bonds is 12. The number of benzene rings is 2. The Hall–Kier alpha value is -1.34. The van der Waals surface area contributed by atoms with Gasteiger partial charge in [-0.15, -0.1) is 0 Å². The molecular formula is C23H35N. The molecule has 0 atom stereocenters. The standard InChI is InChI=1S/C23H35N/c1-3-24(2)20-13-9-7-5-4-6-8-10-15-21-17-14-18-22-16-11-12-19-23(21)22/h11-12,14,16-19H,3-10,13,15,20H2,1-2H3. The Labute approximate surface area is 149 Å². The van der Waals surface area contributed by atoms with Crippen molar-refractivity contribution in [1.29, 1.82) is 0 Å². The van der Waals surface area contributed by atoms with Gasteiger partial charge in [-0.05, 0) is 55.7 Å². The third-order valence-electron chi connectivity index (χ3n) is 5.16. The molecule has 0 spiro atoms. The summed E-state index contributed by atoms with van der Waals surface area (Å²) in [4.78, 5) is 2.41. The fourth-order valence-corrected chi connectivity index (χ4v) is 3.43. The van der Waals surface area contributed by atoms with Gasteiger partial charge in [-0.25, -0.2) is 0 Å². The summed E-state index contributed by atoms with van der Waals surface area (Å²) >= 11 is 0. The number of unbranched alkanes of at least 4 members (excludes halogenated alkanes) is 7. The average molecular weight is 326 g/mol. The first kappa shape index (κ1) is 19.0. The lowest BCUT2D eigenvalue weighted by molar-refractivity contribution is 0.340. The normalized spacial score (nSPS) is 11.5. The van der Waals surface area contributed by atoms with Crippen molar-refractivity contribution in [2.24, 2.45) is 0 Å². The predicted octanol–water partition coefficient (Wildman–Crippen LogP) is 6.45. The topological polar surface area (TPSA) is 3.24 Å². The Morgan fingerprint density at radius 1 is 0.708 bits per heavy atom. The minimum Gasteiger partial charge on any atom is -0.307 e. The first-order valence-electron chi connectivity index (χ1n) is 9.96. The average Bonchev–Trinajstić information content (AvgIpc) is 2.63. The number of aryl methyl sites for hydroxylation is 1. The van der Waals surface area contributed by atoms with E-state index in [2.05, 4.69) is 61.3 Å². The summed E-state index contributed by atoms with van der Waals surface area (Å²) in [6.07, 6.45) is 12.4. The number of fused-ring (bicyclic) bond motifs is 1. The summed E-state index contributed by atoms with van der Waals surface area (Å²) in [5.41, 5.74) is 1.52. The molecule has 2 rings (SSSR count). The SMILES string of the molecule is CCN(C)CCCCCCCCCCc1cccc2ccccc12. The molecule has 1 heteroatoms. The van der Waals surface area contributed by atoms with Gasteiger partial charge in [-0.3, -0.25) is 0 Å². The summed E-state index contributed by atoms with van der Waals surface area (Å²) in [5.74, 6) is 0. The van der Waals surface area contributed by atoms with E-state index < -0.39 is 0 Å². The molecule has 0 N–H and O–H groups in total. The van der Waals surface area contributed by atoms with E-state index in [1.54, 1.807) is 0 Å². The molecule has 0 saturated carbocycles. The molecule has 1 nitrogen and oxygen atoms in total. The quantitative estimate of drug-likeness (QED) is 0.405. The van der Waals surface area contributed by atoms with Gasteiger partial charge in [0.1, 0.15) is 0 Å². The zero-order valence-electron chi connectivity index (χ0n) is 15.8. The van der Waals surface area contributed by atoms with Gasteiger partial charge < -0.3 is 4.90 Å². The molecule has 2 aromatic rings. The largest absolute Gasteiger partial charge is 0.307 e. The summed E-state index contributed by atoms with van der Waals surface area (Å²) < 4.78 is 0. The summed E-state index contributed by atoms with van der Waals surface area (Å²) in [7, 11) is 2.22. The van der Waals surface area contributed by atoms with Crippen molar-refractivity contribution in [3.05, 3.63) is 48.0 Å². The smallest absolute Gasteiger partial charge is 0.00219 e. The first-order chi connectivity index (χ1) is 11.8. The van der Waals surface area contributed by atoms with E-state index in [1.165, 1.54) is 87.2 Å². The Bertz CT molecular complexity index is 570. The zero-order chi connectivity index (χ0) is 17.0. The first-order valence-corrected chi connectivity index (χ1v) is 9.96. The van der Waals surface area contributed by atoms with Crippen LogP contribution < -0.4 is 0 Å². The minimum atomic E-state index is 1.18. The van der Waals surface area contributed by atoms with Gasteiger partial charge in [0.05, 0.1) is 0 Å². The van der Waals surface area contributed by atoms with Crippen LogP contribution in [0.4, 0.5) is 0 Å². The van der Waals surface area contributed by atoms with E-state index in [0.717, 1.165) is 0 Å². The molecule has 2 aromatic carbocycles. The molecule has 0 radical (unpaired) electrons. The summed E-state index contributed by atoms with van der Waals surface area (Å²) in [6.45, 7) is 4.68. The minimum absolute atomic E-state index is 1.18. The van der Waals surface area contributed by atoms with Crippen molar-refractivity contribution in [1.82, 2.24) is 4.90 Å². The van der Waals surface area contributed by atoms with E-state index in [9.17, 15) is 0 Å². The maximum atomic E-state index is 2.41. The van der Waals surface area contributed by atoms with Gasteiger partial charge in [0.15, 0.2) is 0 Å². The highest BCUT2D eigenvalue weighted by molar-refractivity contribution is 5.85. The summed E-state index contributed by atoms with van der Waals surface area (Å²) in [6, 6.07) is 15.5. The van der Waals surface area contributed by atoms with Gasteiger partial charge in [-0.2, -0.15) is 0 Å². The van der Waals surface area contributed by atoms with E-state index in [0.29, 0.717) is 0 Å². The van der Waals surface area contributed by atoms with E-state index in [1.807, 2.05) is 0 Å². The Morgan fingerprint density at radius 2 is 1.33 bits per heavy atom. The molecule has 0 aromatic heterocycles. The van der Waals surface area contributed by atoms with Crippen molar-refractivity contribution < 1.29 is 0 Å². The Kier molecular flexibility index (Phi) is 8.91. The van der Waals surface area contributed by atoms with Crippen LogP contribution in [0.25, 0.3) is 10.8 Å². The van der Waals surface area contributed by atoms with Crippen LogP contribution in [0.2, 0.25) is 0 Å². The molecule has 0 bridgehead atoms. The van der Waals surface area contributed by atoms with Crippen LogP contribution in [0.1, 0.15) is 63.9 Å². The maximum absolute atomic E-state index is 2.41. The molecule has 0 aliphatic heterocycles. The van der Waals surface area contributed by atoms with Crippen LogP contribution in [0.15, 0.2) is 42.5 Å². The van der Waals surface area contributed by atoms with Gasteiger partial charge in [0.25, 0.3) is 0 Å². The van der Waals surface area contributed by atoms with Crippen LogP contribution in [0.3, 0.4) is 0 Å². The van der Waals surface area contributed by atoms with Crippen LogP contribution in [0, 0.1) is 0 Å². The molecule has 0 saturated heterocycles. The number of nitrogens with zero attached hydrogens (tertiary/aromatic N) is 1. The monoisotopic (exact) mass is 325 g/mol. The highest BCUT2D eigenvalue weighted by Crippen LogP contribution is 2.20. The van der Waals surface area contributed by atoms with Crippen LogP contribution in [-0.4, -0.2) is 25.0 Å².